The minimum Gasteiger partial charge on any atom is -0.478 e. The Bertz CT molecular complexity index is 3280. The molecule has 0 fully saturated rings. The summed E-state index contributed by atoms with van der Waals surface area (Å²) in [7, 11) is 3.20. The number of hydrogen-bond donors (Lipinski definition) is 9. The van der Waals surface area contributed by atoms with E-state index in [0.717, 1.165) is 16.7 Å². The number of carbonyl (C=O) groups is 9. The number of urea groups is 1. The highest BCUT2D eigenvalue weighted by atomic mass is 16.5. The molecule has 0 aliphatic carbocycles. The first-order valence-corrected chi connectivity index (χ1v) is 28.9. The summed E-state index contributed by atoms with van der Waals surface area (Å²) in [5.41, 5.74) is 9.65. The van der Waals surface area contributed by atoms with Gasteiger partial charge in [0.25, 0.3) is 0 Å². The van der Waals surface area contributed by atoms with Gasteiger partial charge in [-0.25, -0.2) is 14.4 Å². The van der Waals surface area contributed by atoms with E-state index in [9.17, 15) is 48.3 Å². The quantitative estimate of drug-likeness (QED) is 0.0131. The van der Waals surface area contributed by atoms with Crippen LogP contribution >= 0.6 is 0 Å². The summed E-state index contributed by atoms with van der Waals surface area (Å²) in [6.45, 7) is 20.2. The Labute approximate surface area is 510 Å². The van der Waals surface area contributed by atoms with Crippen LogP contribution in [0.3, 0.4) is 0 Å². The van der Waals surface area contributed by atoms with Gasteiger partial charge in [-0.3, -0.25) is 28.8 Å². The summed E-state index contributed by atoms with van der Waals surface area (Å²) in [5.74, 6) is 1.90. The average molecular weight is 1190 g/mol. The maximum absolute atomic E-state index is 14.2. The summed E-state index contributed by atoms with van der Waals surface area (Å²) >= 11 is 0. The summed E-state index contributed by atoms with van der Waals surface area (Å²) in [5, 5.41) is 29.2. The number of carbonyl (C=O) groups excluding carboxylic acids is 8. The molecule has 0 radical (unpaired) electrons. The highest BCUT2D eigenvalue weighted by Crippen LogP contribution is 2.31. The summed E-state index contributed by atoms with van der Waals surface area (Å²) < 4.78 is 5.52. The number of likely N-dealkylation sites (N-methyl/N-ethyl adjacent to an activating group) is 2. The molecule has 21 nitrogen and oxygen atoms in total. The summed E-state index contributed by atoms with van der Waals surface area (Å²) in [6, 6.07) is 23.2. The molecular weight excluding hydrogens is 1110 g/mol. The Hall–Kier alpha value is -9.29. The maximum atomic E-state index is 14.2. The van der Waals surface area contributed by atoms with Crippen molar-refractivity contribution in [1.29, 1.82) is 0 Å². The van der Waals surface area contributed by atoms with Gasteiger partial charge in [0, 0.05) is 60.8 Å². The molecule has 0 saturated carbocycles. The second-order valence-corrected chi connectivity index (χ2v) is 23.7. The second kappa shape index (κ2) is 31.2. The number of nitrogens with zero attached hydrogens (tertiary/aromatic N) is 2. The number of rotatable bonds is 27. The first-order chi connectivity index (χ1) is 41.0. The van der Waals surface area contributed by atoms with E-state index in [4.69, 9.17) is 10.5 Å². The SMILES string of the molecule is C=C(C)[C@@H](/C=C(\C)C(=O)O)N(C)C(=O)[C@@H](NC(=O)[C@@H](NC)C(C)(C)c1cccc(CNC(=O)OCc2ccc(NC(=O)[C@H](CCCNC(N)=O)NC(=O)[C@@H](NC(=O)CCC(=O)N3Cc4ccccc4C#Cc4ccccc43)C(C)C)cc2)c1)C(C)(C)C. The van der Waals surface area contributed by atoms with Crippen LogP contribution in [0.2, 0.25) is 0 Å². The molecule has 4 aromatic rings. The van der Waals surface area contributed by atoms with Gasteiger partial charge >= 0.3 is 18.1 Å². The van der Waals surface area contributed by atoms with E-state index >= 15 is 0 Å². The fourth-order valence-corrected chi connectivity index (χ4v) is 9.86. The zero-order valence-corrected chi connectivity index (χ0v) is 51.6. The second-order valence-electron chi connectivity index (χ2n) is 23.7. The number of primary amides is 1. The lowest BCUT2D eigenvalue weighted by Gasteiger charge is -2.39. The first-order valence-electron chi connectivity index (χ1n) is 28.9. The third-order valence-electron chi connectivity index (χ3n) is 15.0. The number of carboxylic acid groups (broad SMARTS) is 1. The van der Waals surface area contributed by atoms with Crippen molar-refractivity contribution in [3.8, 4) is 11.8 Å². The van der Waals surface area contributed by atoms with Crippen LogP contribution in [0.1, 0.15) is 121 Å². The van der Waals surface area contributed by atoms with Crippen molar-refractivity contribution < 1.29 is 53.0 Å². The number of aliphatic carboxylic acids is 1. The van der Waals surface area contributed by atoms with Crippen LogP contribution in [0.25, 0.3) is 0 Å². The van der Waals surface area contributed by atoms with Gasteiger partial charge in [-0.15, -0.1) is 0 Å². The van der Waals surface area contributed by atoms with Crippen LogP contribution < -0.4 is 47.9 Å². The molecule has 0 aromatic heterocycles. The predicted molar refractivity (Wildman–Crippen MR) is 333 cm³/mol. The topological polar surface area (TPSA) is 300 Å². The van der Waals surface area contributed by atoms with Gasteiger partial charge in [0.2, 0.25) is 35.4 Å². The highest BCUT2D eigenvalue weighted by molar-refractivity contribution is 6.00. The number of fused-ring (bicyclic) bond motifs is 2. The van der Waals surface area contributed by atoms with Crippen molar-refractivity contribution in [3.63, 3.8) is 0 Å². The van der Waals surface area contributed by atoms with Crippen molar-refractivity contribution in [1.82, 2.24) is 36.8 Å². The number of amides is 9. The number of nitrogens with two attached hydrogens (primary N) is 1. The number of ether oxygens (including phenoxy) is 1. The Kier molecular flexibility index (Phi) is 24.6. The van der Waals surface area contributed by atoms with Gasteiger partial charge < -0.3 is 62.6 Å². The maximum Gasteiger partial charge on any atom is 0.407 e. The molecule has 0 saturated heterocycles. The normalized spacial score (nSPS) is 13.8. The van der Waals surface area contributed by atoms with Gasteiger partial charge in [0.15, 0.2) is 0 Å². The van der Waals surface area contributed by atoms with Gasteiger partial charge in [0.05, 0.1) is 24.3 Å². The smallest absolute Gasteiger partial charge is 0.407 e. The van der Waals surface area contributed by atoms with Crippen LogP contribution in [0, 0.1) is 23.2 Å². The number of hydrogen-bond acceptors (Lipinski definition) is 11. The zero-order valence-electron chi connectivity index (χ0n) is 51.6. The minimum absolute atomic E-state index is 0.0465. The van der Waals surface area contributed by atoms with Gasteiger partial charge in [-0.05, 0) is 104 Å². The number of alkyl carbamates (subject to hydrolysis) is 1. The molecule has 21 heteroatoms. The van der Waals surface area contributed by atoms with Crippen molar-refractivity contribution >= 4 is 64.9 Å². The van der Waals surface area contributed by atoms with Crippen LogP contribution in [-0.4, -0.2) is 114 Å². The number of anilines is 2. The van der Waals surface area contributed by atoms with E-state index in [2.05, 4.69) is 55.6 Å². The largest absolute Gasteiger partial charge is 0.478 e. The predicted octanol–water partition coefficient (Wildman–Crippen LogP) is 6.68. The highest BCUT2D eigenvalue weighted by Gasteiger charge is 2.42. The molecule has 1 heterocycles. The van der Waals surface area contributed by atoms with Crippen LogP contribution in [0.15, 0.2) is 121 Å². The number of benzene rings is 4. The van der Waals surface area contributed by atoms with Crippen molar-refractivity contribution in [3.05, 3.63) is 154 Å². The molecule has 5 rings (SSSR count). The molecule has 1 aliphatic heterocycles. The number of para-hydroxylation sites is 1. The first kappa shape index (κ1) is 68.5. The molecule has 9 amide bonds. The molecule has 464 valence electrons. The molecule has 0 spiro atoms. The minimum atomic E-state index is -1.12. The van der Waals surface area contributed by atoms with E-state index in [-0.39, 0.29) is 63.4 Å². The van der Waals surface area contributed by atoms with Crippen molar-refractivity contribution in [2.24, 2.45) is 17.1 Å². The monoisotopic (exact) mass is 1190 g/mol. The average Bonchev–Trinajstić information content (AvgIpc) is 1.16. The van der Waals surface area contributed by atoms with Crippen molar-refractivity contribution in [2.75, 3.05) is 30.9 Å². The lowest BCUT2D eigenvalue weighted by atomic mass is 9.76. The fourth-order valence-electron chi connectivity index (χ4n) is 9.86. The van der Waals surface area contributed by atoms with E-state index < -0.39 is 94.6 Å². The van der Waals surface area contributed by atoms with Crippen LogP contribution in [0.4, 0.5) is 21.0 Å². The molecule has 0 bridgehead atoms. The Balaban J connectivity index is 1.16. The molecular formula is C66H84N10O11. The molecule has 5 atom stereocenters. The van der Waals surface area contributed by atoms with Gasteiger partial charge in [-0.1, -0.05) is 139 Å². The van der Waals surface area contributed by atoms with E-state index in [0.29, 0.717) is 33.6 Å². The molecule has 1 aliphatic rings. The Morgan fingerprint density at radius 3 is 2.07 bits per heavy atom. The molecule has 4 aromatic carbocycles. The third-order valence-corrected chi connectivity index (χ3v) is 15.0. The Morgan fingerprint density at radius 1 is 0.782 bits per heavy atom. The molecule has 0 unspecified atom stereocenters. The number of carboxylic acids is 1. The van der Waals surface area contributed by atoms with Crippen LogP contribution in [0.5, 0.6) is 0 Å². The fraction of sp³-hybridized carbons (Fsp3) is 0.409. The van der Waals surface area contributed by atoms with Crippen molar-refractivity contribution in [2.45, 2.75) is 143 Å². The van der Waals surface area contributed by atoms with E-state index in [1.54, 1.807) is 64.0 Å². The van der Waals surface area contributed by atoms with E-state index in [1.165, 1.54) is 17.9 Å². The lowest BCUT2D eigenvalue weighted by Crippen LogP contribution is -2.61. The standard InChI is InChI=1S/C66H84N10O11/c1-40(2)52(35-42(5)62(83)84)75(12)61(82)57(65(6,7)8)74-60(81)56(68-11)66(9,10)48-23-17-19-44(36-48)37-70-64(86)87-39-43-26-30-49(31-27-43)71-58(79)50(24-18-34-69-63(67)85)72-59(80)55(41(3)4)73-53(77)32-33-54(78)76-38-47-22-14-13-20-45(47)28-29-46-21-15-16-25-51(46)76/h13-17,19-23,25-27,30-31,35-36,41,50,52,55-57,68H,1,18,24,32-34,37-39H2,2-12H3,(H,70,86)(H,71,79)(H,72,80)(H,73,77)(H,74,81)(H,83,84)(H3,67,69,85)/b42-35+/t50-,52+,55-,56+,57+/m0/s1. The summed E-state index contributed by atoms with van der Waals surface area (Å²) in [4.78, 5) is 123. The van der Waals surface area contributed by atoms with E-state index in [1.807, 2.05) is 107 Å². The lowest BCUT2D eigenvalue weighted by molar-refractivity contribution is -0.140. The molecule has 87 heavy (non-hydrogen) atoms. The zero-order chi connectivity index (χ0) is 64.3. The Morgan fingerprint density at radius 2 is 1.44 bits per heavy atom. The summed E-state index contributed by atoms with van der Waals surface area (Å²) in [6.07, 6.45) is 0.723. The third kappa shape index (κ3) is 19.6. The molecule has 10 N–H and O–H groups in total. The van der Waals surface area contributed by atoms with Crippen LogP contribution in [-0.2, 0) is 63.4 Å². The van der Waals surface area contributed by atoms with Gasteiger partial charge in [-0.2, -0.15) is 0 Å². The number of nitrogens with one attached hydrogen (secondary N) is 7. The van der Waals surface area contributed by atoms with Gasteiger partial charge in [0.1, 0.15) is 24.7 Å².